The second-order valence-corrected chi connectivity index (χ2v) is 12.1. The van der Waals surface area contributed by atoms with Crippen LogP contribution in [0, 0.1) is 0 Å². The topological polar surface area (TPSA) is 142 Å². The van der Waals surface area contributed by atoms with Crippen LogP contribution in [0.4, 0.5) is 36.4 Å². The van der Waals surface area contributed by atoms with Crippen molar-refractivity contribution in [2.45, 2.75) is 31.0 Å². The molecule has 3 N–H and O–H groups in total. The number of carbonyl (C=O) groups is 3. The van der Waals surface area contributed by atoms with E-state index in [1.807, 2.05) is 12.1 Å². The van der Waals surface area contributed by atoms with Gasteiger partial charge in [-0.25, -0.2) is 0 Å². The Hall–Kier alpha value is -5.44. The highest BCUT2D eigenvalue weighted by atomic mass is 35.5. The van der Waals surface area contributed by atoms with Gasteiger partial charge >= 0.3 is 24.0 Å². The molecule has 262 valence electrons. The van der Waals surface area contributed by atoms with E-state index in [2.05, 4.69) is 30.9 Å². The SMILES string of the molecule is CN(CCCN(C)C(=O)c1ccc(Nc2nc(NC3(c4ccc(Cl)cc4)CC3)nc(OCC(F)(F)F)n2)cc1)C(=O)C(=O)Nc1ccccc1. The van der Waals surface area contributed by atoms with Crippen molar-refractivity contribution in [1.29, 1.82) is 0 Å². The Bertz CT molecular complexity index is 1810. The number of hydrogen-bond donors (Lipinski definition) is 3. The molecular weight excluding hydrogens is 677 g/mol. The Kier molecular flexibility index (Phi) is 11.0. The maximum Gasteiger partial charge on any atom is 0.422 e. The Labute approximate surface area is 291 Å². The number of nitrogens with zero attached hydrogens (tertiary/aromatic N) is 5. The summed E-state index contributed by atoms with van der Waals surface area (Å²) in [6, 6.07) is 21.7. The lowest BCUT2D eigenvalue weighted by Gasteiger charge is -2.21. The molecule has 1 aromatic heterocycles. The third-order valence-electron chi connectivity index (χ3n) is 7.77. The van der Waals surface area contributed by atoms with Crippen LogP contribution in [-0.4, -0.2) is 82.4 Å². The minimum atomic E-state index is -4.60. The third kappa shape index (κ3) is 9.81. The van der Waals surface area contributed by atoms with Crippen LogP contribution in [0.25, 0.3) is 0 Å². The van der Waals surface area contributed by atoms with Crippen molar-refractivity contribution in [3.05, 3.63) is 95.0 Å². The second-order valence-electron chi connectivity index (χ2n) is 11.7. The van der Waals surface area contributed by atoms with Gasteiger partial charge in [0.25, 0.3) is 5.91 Å². The Balaban J connectivity index is 1.18. The number of carbonyl (C=O) groups excluding carboxylic acids is 3. The number of rotatable bonds is 13. The number of hydrogen-bond acceptors (Lipinski definition) is 9. The monoisotopic (exact) mass is 710 g/mol. The summed E-state index contributed by atoms with van der Waals surface area (Å²) in [5, 5.41) is 9.27. The van der Waals surface area contributed by atoms with E-state index < -0.39 is 36.1 Å². The number of aromatic nitrogens is 3. The maximum atomic E-state index is 13.1. The molecule has 3 aromatic carbocycles. The number of ether oxygens (including phenoxy) is 1. The van der Waals surface area contributed by atoms with Crippen molar-refractivity contribution in [3.63, 3.8) is 0 Å². The molecular formula is C34H34ClF3N8O4. The molecule has 1 fully saturated rings. The lowest BCUT2D eigenvalue weighted by molar-refractivity contribution is -0.154. The first-order valence-corrected chi connectivity index (χ1v) is 15.9. The standard InChI is InChI=1S/C34H34ClF3N8O4/c1-45(19-6-20-46(2)29(49)27(47)39-25-7-4-3-5-8-25)28(48)22-9-15-26(16-10-22)40-30-41-31(43-32(42-30)50-21-34(36,37)38)44-33(17-18-33)23-11-13-24(35)14-12-23/h3-5,7-16H,6,17-21H2,1-2H3,(H,39,47)(H2,40,41,42,43,44). The van der Waals surface area contributed by atoms with E-state index in [1.165, 1.54) is 16.8 Å². The average molecular weight is 711 g/mol. The summed E-state index contributed by atoms with van der Waals surface area (Å²) in [6.07, 6.45) is -2.69. The molecule has 4 aromatic rings. The third-order valence-corrected chi connectivity index (χ3v) is 8.02. The molecule has 0 bridgehead atoms. The normalized spacial score (nSPS) is 13.2. The summed E-state index contributed by atoms with van der Waals surface area (Å²) in [6.45, 7) is -1.02. The van der Waals surface area contributed by atoms with E-state index in [9.17, 15) is 27.6 Å². The molecule has 1 heterocycles. The van der Waals surface area contributed by atoms with E-state index in [4.69, 9.17) is 16.3 Å². The zero-order valence-corrected chi connectivity index (χ0v) is 27.9. The van der Waals surface area contributed by atoms with Gasteiger partial charge in [0.15, 0.2) is 6.61 Å². The first kappa shape index (κ1) is 35.9. The van der Waals surface area contributed by atoms with Gasteiger partial charge in [-0.3, -0.25) is 14.4 Å². The highest BCUT2D eigenvalue weighted by molar-refractivity contribution is 6.39. The van der Waals surface area contributed by atoms with Gasteiger partial charge in [0.05, 0.1) is 5.54 Å². The van der Waals surface area contributed by atoms with Gasteiger partial charge in [-0.1, -0.05) is 41.9 Å². The lowest BCUT2D eigenvalue weighted by Crippen LogP contribution is -2.38. The fourth-order valence-corrected chi connectivity index (χ4v) is 5.07. The maximum absolute atomic E-state index is 13.1. The molecule has 0 saturated heterocycles. The highest BCUT2D eigenvalue weighted by Crippen LogP contribution is 2.48. The van der Waals surface area contributed by atoms with Gasteiger partial charge < -0.3 is 30.5 Å². The van der Waals surface area contributed by atoms with E-state index >= 15 is 0 Å². The number of benzene rings is 3. The zero-order valence-electron chi connectivity index (χ0n) is 27.1. The van der Waals surface area contributed by atoms with Gasteiger partial charge in [-0.2, -0.15) is 28.1 Å². The molecule has 1 saturated carbocycles. The van der Waals surface area contributed by atoms with Crippen LogP contribution in [0.5, 0.6) is 6.01 Å². The smallest absolute Gasteiger partial charge is 0.422 e. The molecule has 5 rings (SSSR count). The Morgan fingerprint density at radius 2 is 1.48 bits per heavy atom. The summed E-state index contributed by atoms with van der Waals surface area (Å²) in [5.41, 5.74) is 1.75. The summed E-state index contributed by atoms with van der Waals surface area (Å²) in [5.74, 6) is -1.78. The van der Waals surface area contributed by atoms with Crippen LogP contribution in [0.2, 0.25) is 5.02 Å². The van der Waals surface area contributed by atoms with E-state index in [0.29, 0.717) is 34.9 Å². The van der Waals surface area contributed by atoms with Crippen molar-refractivity contribution in [1.82, 2.24) is 24.8 Å². The number of alkyl halides is 3. The van der Waals surface area contributed by atoms with Crippen LogP contribution >= 0.6 is 11.6 Å². The van der Waals surface area contributed by atoms with Crippen LogP contribution < -0.4 is 20.7 Å². The number of halogens is 4. The van der Waals surface area contributed by atoms with Crippen LogP contribution in [0.15, 0.2) is 78.9 Å². The molecule has 0 spiro atoms. The molecule has 0 aliphatic heterocycles. The van der Waals surface area contributed by atoms with Crippen molar-refractivity contribution < 1.29 is 32.3 Å². The minimum absolute atomic E-state index is 0.0183. The molecule has 50 heavy (non-hydrogen) atoms. The fourth-order valence-electron chi connectivity index (χ4n) is 4.95. The van der Waals surface area contributed by atoms with Gasteiger partial charge in [-0.15, -0.1) is 0 Å². The van der Waals surface area contributed by atoms with Gasteiger partial charge in [0.2, 0.25) is 11.9 Å². The van der Waals surface area contributed by atoms with Crippen molar-refractivity contribution in [3.8, 4) is 6.01 Å². The predicted octanol–water partition coefficient (Wildman–Crippen LogP) is 5.87. The first-order valence-electron chi connectivity index (χ1n) is 15.5. The Morgan fingerprint density at radius 3 is 2.12 bits per heavy atom. The lowest BCUT2D eigenvalue weighted by atomic mass is 10.1. The van der Waals surface area contributed by atoms with Gasteiger partial charge in [0, 0.05) is 49.1 Å². The molecule has 1 aliphatic rings. The van der Waals surface area contributed by atoms with Crippen molar-refractivity contribution in [2.24, 2.45) is 0 Å². The zero-order chi connectivity index (χ0) is 35.9. The number of likely N-dealkylation sites (N-methyl/N-ethyl adjacent to an activating group) is 1. The minimum Gasteiger partial charge on any atom is -0.454 e. The van der Waals surface area contributed by atoms with Crippen LogP contribution in [0.3, 0.4) is 0 Å². The van der Waals surface area contributed by atoms with Crippen molar-refractivity contribution >= 4 is 52.6 Å². The van der Waals surface area contributed by atoms with Gasteiger partial charge in [0.1, 0.15) is 0 Å². The van der Waals surface area contributed by atoms with Crippen LogP contribution in [-0.2, 0) is 15.1 Å². The number of nitrogens with one attached hydrogen (secondary N) is 3. The number of para-hydroxylation sites is 1. The quantitative estimate of drug-likeness (QED) is 0.145. The second kappa shape index (κ2) is 15.4. The molecule has 1 aliphatic carbocycles. The molecule has 0 atom stereocenters. The summed E-state index contributed by atoms with van der Waals surface area (Å²) in [7, 11) is 3.14. The summed E-state index contributed by atoms with van der Waals surface area (Å²) >= 11 is 6.03. The number of anilines is 4. The summed E-state index contributed by atoms with van der Waals surface area (Å²) < 4.78 is 43.6. The van der Waals surface area contributed by atoms with E-state index in [-0.39, 0.29) is 24.3 Å². The van der Waals surface area contributed by atoms with Crippen molar-refractivity contribution in [2.75, 3.05) is 49.7 Å². The molecule has 12 nitrogen and oxygen atoms in total. The highest BCUT2D eigenvalue weighted by Gasteiger charge is 2.45. The summed E-state index contributed by atoms with van der Waals surface area (Å²) in [4.78, 5) is 53.0. The number of amides is 3. The predicted molar refractivity (Wildman–Crippen MR) is 181 cm³/mol. The molecule has 0 unspecified atom stereocenters. The van der Waals surface area contributed by atoms with E-state index in [1.54, 1.807) is 73.8 Å². The average Bonchev–Trinajstić information content (AvgIpc) is 3.87. The molecule has 0 radical (unpaired) electrons. The fraction of sp³-hybridized carbons (Fsp3) is 0.294. The van der Waals surface area contributed by atoms with Gasteiger partial charge in [-0.05, 0) is 73.4 Å². The van der Waals surface area contributed by atoms with E-state index in [0.717, 1.165) is 18.4 Å². The largest absolute Gasteiger partial charge is 0.454 e. The van der Waals surface area contributed by atoms with Crippen LogP contribution in [0.1, 0.15) is 35.2 Å². The Morgan fingerprint density at radius 1 is 0.840 bits per heavy atom. The molecule has 16 heteroatoms. The molecule has 3 amide bonds. The first-order chi connectivity index (χ1) is 23.8.